The fraction of sp³-hybridized carbons (Fsp3) is 0.833. The van der Waals surface area contributed by atoms with Crippen molar-refractivity contribution < 1.29 is 18.5 Å². The van der Waals surface area contributed by atoms with Gasteiger partial charge in [-0.3, -0.25) is 0 Å². The van der Waals surface area contributed by atoms with Crippen LogP contribution in [0.15, 0.2) is 8.80 Å². The molecule has 10 heteroatoms. The van der Waals surface area contributed by atoms with E-state index in [1.807, 2.05) is 0 Å². The molecule has 0 saturated heterocycles. The second-order valence-corrected chi connectivity index (χ2v) is 15.1. The molecule has 1 saturated carbocycles. The highest BCUT2D eigenvalue weighted by Crippen LogP contribution is 2.27. The minimum Gasteiger partial charge on any atom is -0.478 e. The first-order valence-corrected chi connectivity index (χ1v) is 14.8. The van der Waals surface area contributed by atoms with Gasteiger partial charge in [-0.25, -0.2) is 9.00 Å². The molecule has 8 nitrogen and oxygen atoms in total. The van der Waals surface area contributed by atoms with E-state index in [-0.39, 0.29) is 11.9 Å². The molecule has 1 fully saturated rings. The molecule has 2 unspecified atom stereocenters. The molecule has 2 N–H and O–H groups in total. The van der Waals surface area contributed by atoms with Crippen molar-refractivity contribution >= 4 is 37.1 Å². The van der Waals surface area contributed by atoms with Crippen LogP contribution in [0.2, 0.25) is 25.7 Å². The maximum atomic E-state index is 12.1. The third-order valence-electron chi connectivity index (χ3n) is 4.99. The van der Waals surface area contributed by atoms with Gasteiger partial charge < -0.3 is 20.1 Å². The zero-order valence-electron chi connectivity index (χ0n) is 17.5. The molecule has 1 amide bonds. The maximum absolute atomic E-state index is 12.1. The Morgan fingerprint density at radius 1 is 1.25 bits per heavy atom. The van der Waals surface area contributed by atoms with Crippen molar-refractivity contribution in [3.05, 3.63) is 0 Å². The van der Waals surface area contributed by atoms with Crippen molar-refractivity contribution in [2.45, 2.75) is 70.3 Å². The molecule has 0 aromatic rings. The van der Waals surface area contributed by atoms with E-state index >= 15 is 0 Å². The lowest BCUT2D eigenvalue weighted by Crippen LogP contribution is -2.47. The Morgan fingerprint density at radius 3 is 2.61 bits per heavy atom. The van der Waals surface area contributed by atoms with Crippen LogP contribution in [0.4, 0.5) is 4.79 Å². The van der Waals surface area contributed by atoms with Gasteiger partial charge in [-0.05, 0) is 18.4 Å². The Hall–Kier alpha value is -1.42. The van der Waals surface area contributed by atoms with E-state index in [2.05, 4.69) is 39.1 Å². The fourth-order valence-corrected chi connectivity index (χ4v) is 4.74. The number of carbonyl (C=O) groups is 1. The molecule has 0 aromatic carbocycles. The average molecular weight is 431 g/mol. The number of ether oxygens (including phenoxy) is 2. The van der Waals surface area contributed by atoms with E-state index in [1.54, 1.807) is 0 Å². The van der Waals surface area contributed by atoms with E-state index in [0.29, 0.717) is 24.9 Å². The van der Waals surface area contributed by atoms with Crippen LogP contribution in [-0.2, 0) is 20.6 Å². The van der Waals surface area contributed by atoms with Gasteiger partial charge in [0.15, 0.2) is 0 Å². The maximum Gasteiger partial charge on any atom is 0.407 e. The van der Waals surface area contributed by atoms with Gasteiger partial charge in [0.2, 0.25) is 5.84 Å². The molecule has 0 spiro atoms. The molecule has 2 atom stereocenters. The van der Waals surface area contributed by atoms with E-state index in [4.69, 9.17) is 9.47 Å². The lowest BCUT2D eigenvalue weighted by atomic mass is 9.85. The van der Waals surface area contributed by atoms with Crippen molar-refractivity contribution in [3.63, 3.8) is 0 Å². The van der Waals surface area contributed by atoms with Crippen molar-refractivity contribution in [2.75, 3.05) is 20.3 Å². The summed E-state index contributed by atoms with van der Waals surface area (Å²) < 4.78 is 29.9. The van der Waals surface area contributed by atoms with Crippen LogP contribution >= 0.6 is 0 Å². The van der Waals surface area contributed by atoms with E-state index < -0.39 is 25.3 Å². The number of hydrogen-bond acceptors (Lipinski definition) is 5. The summed E-state index contributed by atoms with van der Waals surface area (Å²) in [6.45, 7) is 7.61. The third kappa shape index (κ3) is 8.30. The Morgan fingerprint density at radius 2 is 1.96 bits per heavy atom. The normalized spacial score (nSPS) is 21.5. The van der Waals surface area contributed by atoms with Gasteiger partial charge in [-0.2, -0.15) is 0 Å². The van der Waals surface area contributed by atoms with E-state index in [1.165, 1.54) is 39.2 Å². The summed E-state index contributed by atoms with van der Waals surface area (Å²) in [6, 6.07) is 0.891. The first-order chi connectivity index (χ1) is 13.3. The fourth-order valence-electron chi connectivity index (χ4n) is 3.39. The quantitative estimate of drug-likeness (QED) is 0.576. The van der Waals surface area contributed by atoms with Crippen molar-refractivity contribution in [3.8, 4) is 0 Å². The van der Waals surface area contributed by atoms with Crippen molar-refractivity contribution in [2.24, 2.45) is 14.7 Å². The van der Waals surface area contributed by atoms with Gasteiger partial charge in [-0.15, -0.1) is 8.80 Å². The number of methoxy groups -OCH3 is 1. The highest BCUT2D eigenvalue weighted by Gasteiger charge is 2.26. The van der Waals surface area contributed by atoms with Gasteiger partial charge in [0.05, 0.1) is 13.7 Å². The van der Waals surface area contributed by atoms with Gasteiger partial charge in [0.1, 0.15) is 0 Å². The lowest BCUT2D eigenvalue weighted by Gasteiger charge is -2.27. The molecule has 28 heavy (non-hydrogen) atoms. The number of amidine groups is 1. The monoisotopic (exact) mass is 430 g/mol. The number of nitrogens with one attached hydrogen (secondary N) is 2. The van der Waals surface area contributed by atoms with E-state index in [0.717, 1.165) is 12.5 Å². The molecule has 2 rings (SSSR count). The second kappa shape index (κ2) is 10.9. The third-order valence-corrected chi connectivity index (χ3v) is 7.35. The number of rotatable bonds is 8. The Balaban J connectivity index is 1.88. The minimum absolute atomic E-state index is 0.0539. The summed E-state index contributed by atoms with van der Waals surface area (Å²) in [6.07, 6.45) is 6.69. The van der Waals surface area contributed by atoms with Crippen LogP contribution in [0, 0.1) is 5.92 Å². The number of hydrogen-bond donors (Lipinski definition) is 2. The highest BCUT2D eigenvalue weighted by molar-refractivity contribution is 7.83. The Labute approximate surface area is 171 Å². The number of nitrogens with zero attached hydrogens (tertiary/aromatic N) is 2. The molecule has 1 aliphatic carbocycles. The van der Waals surface area contributed by atoms with Gasteiger partial charge in [-0.1, -0.05) is 51.7 Å². The first kappa shape index (κ1) is 22.9. The van der Waals surface area contributed by atoms with Crippen LogP contribution in [-0.4, -0.2) is 56.4 Å². The second-order valence-electron chi connectivity index (χ2n) is 8.68. The van der Waals surface area contributed by atoms with Crippen molar-refractivity contribution in [1.82, 2.24) is 10.6 Å². The van der Waals surface area contributed by atoms with Crippen LogP contribution in [0.5, 0.6) is 0 Å². The largest absolute Gasteiger partial charge is 0.478 e. The molecule has 0 radical (unpaired) electrons. The minimum atomic E-state index is -1.65. The van der Waals surface area contributed by atoms with Crippen LogP contribution in [0.3, 0.4) is 0 Å². The molecule has 1 aliphatic heterocycles. The van der Waals surface area contributed by atoms with Gasteiger partial charge >= 0.3 is 6.09 Å². The van der Waals surface area contributed by atoms with Crippen molar-refractivity contribution in [1.29, 1.82) is 0 Å². The standard InChI is InChI=1S/C18H34N4O4SSi/c1-25-17-16(21-27(24)22-17)20-15(12-14-8-6-5-7-9-14)13-19-18(23)26-10-11-28(2,3)4/h14-15H,5-13H2,1-4H3,(H,19,23)(H,20,21). The average Bonchev–Trinajstić information content (AvgIpc) is 2.99. The number of amides is 1. The predicted molar refractivity (Wildman–Crippen MR) is 116 cm³/mol. The summed E-state index contributed by atoms with van der Waals surface area (Å²) >= 11 is -1.65. The topological polar surface area (TPSA) is 101 Å². The van der Waals surface area contributed by atoms with Gasteiger partial charge in [0, 0.05) is 20.7 Å². The smallest absolute Gasteiger partial charge is 0.407 e. The number of carbonyl (C=O) groups excluding carboxylic acids is 1. The van der Waals surface area contributed by atoms with E-state index in [9.17, 15) is 9.00 Å². The SMILES string of the molecule is COC1=NS(=O)N=C1NC(CNC(=O)OCC[Si](C)(C)C)CC1CCCCC1. The molecule has 2 aliphatic rings. The molecular weight excluding hydrogens is 396 g/mol. The molecule has 160 valence electrons. The predicted octanol–water partition coefficient (Wildman–Crippen LogP) is 3.02. The molecule has 0 bridgehead atoms. The first-order valence-electron chi connectivity index (χ1n) is 10.1. The van der Waals surface area contributed by atoms with Gasteiger partial charge in [0.25, 0.3) is 17.1 Å². The molecular formula is C18H34N4O4SSi. The molecule has 1 heterocycles. The summed E-state index contributed by atoms with van der Waals surface area (Å²) in [5.74, 6) is 1.23. The van der Waals surface area contributed by atoms with Crippen LogP contribution < -0.4 is 10.6 Å². The Kier molecular flexibility index (Phi) is 8.93. The highest BCUT2D eigenvalue weighted by atomic mass is 32.2. The van der Waals surface area contributed by atoms with Crippen LogP contribution in [0.1, 0.15) is 38.5 Å². The van der Waals surface area contributed by atoms with Crippen LogP contribution in [0.25, 0.3) is 0 Å². The summed E-state index contributed by atoms with van der Waals surface area (Å²) in [7, 11) is 0.245. The number of alkyl carbamates (subject to hydrolysis) is 1. The summed E-state index contributed by atoms with van der Waals surface area (Å²) in [4.78, 5) is 12.1. The summed E-state index contributed by atoms with van der Waals surface area (Å²) in [5, 5.41) is 6.12. The Bertz CT molecular complexity index is 615. The zero-order chi connectivity index (χ0) is 20.6. The lowest BCUT2D eigenvalue weighted by molar-refractivity contribution is 0.150. The summed E-state index contributed by atoms with van der Waals surface area (Å²) in [5.41, 5.74) is 0. The molecule has 0 aromatic heterocycles. The zero-order valence-corrected chi connectivity index (χ0v) is 19.3.